The molecule has 106 valence electrons. The molecule has 3 rings (SSSR count). The van der Waals surface area contributed by atoms with E-state index in [1.54, 1.807) is 4.68 Å². The molecule has 0 bridgehead atoms. The molecule has 4 heteroatoms. The predicted molar refractivity (Wildman–Crippen MR) is 90.6 cm³/mol. The van der Waals surface area contributed by atoms with Gasteiger partial charge in [-0.05, 0) is 37.6 Å². The van der Waals surface area contributed by atoms with Crippen LogP contribution in [0.4, 0.5) is 5.82 Å². The van der Waals surface area contributed by atoms with Gasteiger partial charge in [0.25, 0.3) is 0 Å². The fourth-order valence-corrected chi connectivity index (χ4v) is 2.82. The Kier molecular flexibility index (Phi) is 3.55. The largest absolute Gasteiger partial charge is 0.384 e. The second kappa shape index (κ2) is 5.37. The molecule has 2 aromatic carbocycles. The second-order valence-electron chi connectivity index (χ2n) is 5.17. The standard InChI is InChI=1S/C17H16BrN3/c1-11-6-7-16(12(2)8-11)21-17(19)10-15(20-21)13-4-3-5-14(18)9-13/h3-10H,19H2,1-2H3. The smallest absolute Gasteiger partial charge is 0.127 e. The predicted octanol–water partition coefficient (Wildman–Crippen LogP) is 4.50. The molecule has 0 aliphatic rings. The van der Waals surface area contributed by atoms with E-state index in [1.165, 1.54) is 5.56 Å². The highest BCUT2D eigenvalue weighted by molar-refractivity contribution is 9.10. The lowest BCUT2D eigenvalue weighted by molar-refractivity contribution is 0.886. The molecule has 0 aliphatic heterocycles. The van der Waals surface area contributed by atoms with Gasteiger partial charge in [0.1, 0.15) is 5.82 Å². The molecule has 0 aliphatic carbocycles. The molecule has 0 unspecified atom stereocenters. The summed E-state index contributed by atoms with van der Waals surface area (Å²) in [6, 6.07) is 16.2. The lowest BCUT2D eigenvalue weighted by Gasteiger charge is -2.08. The number of aromatic nitrogens is 2. The molecule has 0 spiro atoms. The molecule has 0 fully saturated rings. The van der Waals surface area contributed by atoms with Gasteiger partial charge < -0.3 is 5.73 Å². The van der Waals surface area contributed by atoms with Crippen LogP contribution in [0.15, 0.2) is 53.0 Å². The number of nitrogens with two attached hydrogens (primary N) is 1. The van der Waals surface area contributed by atoms with Crippen molar-refractivity contribution in [1.82, 2.24) is 9.78 Å². The van der Waals surface area contributed by atoms with Crippen LogP contribution < -0.4 is 5.73 Å². The normalized spacial score (nSPS) is 10.8. The SMILES string of the molecule is Cc1ccc(-n2nc(-c3cccc(Br)c3)cc2N)c(C)c1. The maximum Gasteiger partial charge on any atom is 0.127 e. The fraction of sp³-hybridized carbons (Fsp3) is 0.118. The van der Waals surface area contributed by atoms with E-state index in [-0.39, 0.29) is 0 Å². The number of hydrogen-bond donors (Lipinski definition) is 1. The molecule has 0 amide bonds. The zero-order chi connectivity index (χ0) is 15.0. The Morgan fingerprint density at radius 3 is 2.57 bits per heavy atom. The number of halogens is 1. The molecule has 3 aromatic rings. The average Bonchev–Trinajstić information content (AvgIpc) is 2.81. The Balaban J connectivity index is 2.10. The van der Waals surface area contributed by atoms with Gasteiger partial charge >= 0.3 is 0 Å². The Labute approximate surface area is 132 Å². The number of nitrogen functional groups attached to an aromatic ring is 1. The lowest BCUT2D eigenvalue weighted by Crippen LogP contribution is -2.03. The van der Waals surface area contributed by atoms with Crippen LogP contribution in [-0.4, -0.2) is 9.78 Å². The van der Waals surface area contributed by atoms with Crippen molar-refractivity contribution in [3.8, 4) is 16.9 Å². The Morgan fingerprint density at radius 2 is 1.86 bits per heavy atom. The number of aryl methyl sites for hydroxylation is 2. The summed E-state index contributed by atoms with van der Waals surface area (Å²) in [5.74, 6) is 0.636. The zero-order valence-electron chi connectivity index (χ0n) is 12.0. The van der Waals surface area contributed by atoms with E-state index in [2.05, 4.69) is 53.1 Å². The van der Waals surface area contributed by atoms with Crippen molar-refractivity contribution in [3.63, 3.8) is 0 Å². The number of nitrogens with zero attached hydrogens (tertiary/aromatic N) is 2. The number of benzene rings is 2. The van der Waals surface area contributed by atoms with Crippen molar-refractivity contribution >= 4 is 21.7 Å². The number of anilines is 1. The lowest BCUT2D eigenvalue weighted by atomic mass is 10.1. The summed E-state index contributed by atoms with van der Waals surface area (Å²) in [5.41, 5.74) is 11.5. The molecule has 1 aromatic heterocycles. The monoisotopic (exact) mass is 341 g/mol. The summed E-state index contributed by atoms with van der Waals surface area (Å²) in [7, 11) is 0. The molecule has 3 nitrogen and oxygen atoms in total. The first kappa shape index (κ1) is 13.9. The van der Waals surface area contributed by atoms with Crippen LogP contribution in [0.2, 0.25) is 0 Å². The van der Waals surface area contributed by atoms with Gasteiger partial charge in [0, 0.05) is 16.1 Å². The van der Waals surface area contributed by atoms with Crippen LogP contribution in [0, 0.1) is 13.8 Å². The van der Waals surface area contributed by atoms with Crippen LogP contribution in [-0.2, 0) is 0 Å². The Hall–Kier alpha value is -2.07. The summed E-state index contributed by atoms with van der Waals surface area (Å²) in [5, 5.41) is 4.65. The minimum atomic E-state index is 0.636. The van der Waals surface area contributed by atoms with Gasteiger partial charge in [-0.15, -0.1) is 0 Å². The summed E-state index contributed by atoms with van der Waals surface area (Å²) in [6.45, 7) is 4.15. The summed E-state index contributed by atoms with van der Waals surface area (Å²) in [4.78, 5) is 0. The highest BCUT2D eigenvalue weighted by Gasteiger charge is 2.10. The number of rotatable bonds is 2. The molecule has 21 heavy (non-hydrogen) atoms. The van der Waals surface area contributed by atoms with Crippen molar-refractivity contribution < 1.29 is 0 Å². The van der Waals surface area contributed by atoms with E-state index in [0.29, 0.717) is 5.82 Å². The molecular formula is C17H16BrN3. The van der Waals surface area contributed by atoms with E-state index < -0.39 is 0 Å². The van der Waals surface area contributed by atoms with Gasteiger partial charge in [-0.25, -0.2) is 4.68 Å². The second-order valence-corrected chi connectivity index (χ2v) is 6.08. The highest BCUT2D eigenvalue weighted by atomic mass is 79.9. The molecule has 0 saturated carbocycles. The summed E-state index contributed by atoms with van der Waals surface area (Å²) < 4.78 is 2.82. The van der Waals surface area contributed by atoms with Crippen LogP contribution in [0.25, 0.3) is 16.9 Å². The first-order chi connectivity index (χ1) is 10.0. The van der Waals surface area contributed by atoms with E-state index in [4.69, 9.17) is 5.73 Å². The summed E-state index contributed by atoms with van der Waals surface area (Å²) >= 11 is 3.48. The van der Waals surface area contributed by atoms with Crippen LogP contribution in [0.3, 0.4) is 0 Å². The van der Waals surface area contributed by atoms with E-state index >= 15 is 0 Å². The minimum Gasteiger partial charge on any atom is -0.384 e. The third kappa shape index (κ3) is 2.72. The van der Waals surface area contributed by atoms with Crippen molar-refractivity contribution in [2.75, 3.05) is 5.73 Å². The van der Waals surface area contributed by atoms with Gasteiger partial charge in [0.05, 0.1) is 11.4 Å². The number of hydrogen-bond acceptors (Lipinski definition) is 2. The van der Waals surface area contributed by atoms with Gasteiger partial charge in [-0.2, -0.15) is 5.10 Å². The van der Waals surface area contributed by atoms with Crippen LogP contribution in [0.5, 0.6) is 0 Å². The zero-order valence-corrected chi connectivity index (χ0v) is 13.6. The third-order valence-electron chi connectivity index (χ3n) is 3.44. The van der Waals surface area contributed by atoms with E-state index in [1.807, 2.05) is 30.3 Å². The van der Waals surface area contributed by atoms with Crippen molar-refractivity contribution in [3.05, 3.63) is 64.1 Å². The first-order valence-corrected chi connectivity index (χ1v) is 7.53. The molecular weight excluding hydrogens is 326 g/mol. The fourth-order valence-electron chi connectivity index (χ4n) is 2.42. The van der Waals surface area contributed by atoms with Crippen molar-refractivity contribution in [1.29, 1.82) is 0 Å². The van der Waals surface area contributed by atoms with Crippen LogP contribution in [0.1, 0.15) is 11.1 Å². The molecule has 0 atom stereocenters. The molecule has 2 N–H and O–H groups in total. The van der Waals surface area contributed by atoms with Gasteiger partial charge in [0.2, 0.25) is 0 Å². The quantitative estimate of drug-likeness (QED) is 0.745. The molecule has 0 radical (unpaired) electrons. The van der Waals surface area contributed by atoms with E-state index in [0.717, 1.165) is 27.0 Å². The minimum absolute atomic E-state index is 0.636. The van der Waals surface area contributed by atoms with Crippen molar-refractivity contribution in [2.45, 2.75) is 13.8 Å². The van der Waals surface area contributed by atoms with Crippen LogP contribution >= 0.6 is 15.9 Å². The maximum absolute atomic E-state index is 6.14. The molecule has 1 heterocycles. The topological polar surface area (TPSA) is 43.8 Å². The van der Waals surface area contributed by atoms with Gasteiger partial charge in [-0.1, -0.05) is 45.8 Å². The Morgan fingerprint density at radius 1 is 1.05 bits per heavy atom. The van der Waals surface area contributed by atoms with Crippen molar-refractivity contribution in [2.24, 2.45) is 0 Å². The van der Waals surface area contributed by atoms with E-state index in [9.17, 15) is 0 Å². The third-order valence-corrected chi connectivity index (χ3v) is 3.93. The highest BCUT2D eigenvalue weighted by Crippen LogP contribution is 2.26. The molecule has 0 saturated heterocycles. The maximum atomic E-state index is 6.14. The summed E-state index contributed by atoms with van der Waals surface area (Å²) in [6.07, 6.45) is 0. The Bertz CT molecular complexity index is 806. The van der Waals surface area contributed by atoms with Gasteiger partial charge in [0.15, 0.2) is 0 Å². The van der Waals surface area contributed by atoms with Gasteiger partial charge in [-0.3, -0.25) is 0 Å². The first-order valence-electron chi connectivity index (χ1n) is 6.74. The average molecular weight is 342 g/mol.